The molecule has 0 aliphatic rings. The van der Waals surface area contributed by atoms with Crippen molar-refractivity contribution in [1.82, 2.24) is 5.32 Å². The Bertz CT molecular complexity index is 716. The highest BCUT2D eigenvalue weighted by molar-refractivity contribution is 5.98. The summed E-state index contributed by atoms with van der Waals surface area (Å²) >= 11 is 0. The fourth-order valence-electron chi connectivity index (χ4n) is 2.39. The van der Waals surface area contributed by atoms with Gasteiger partial charge >= 0.3 is 0 Å². The molecule has 1 atom stereocenters. The van der Waals surface area contributed by atoms with Crippen molar-refractivity contribution in [1.29, 1.82) is 0 Å². The molecule has 1 unspecified atom stereocenters. The fraction of sp³-hybridized carbons (Fsp3) is 0.278. The zero-order valence-corrected chi connectivity index (χ0v) is 14.1. The molecule has 2 aromatic rings. The van der Waals surface area contributed by atoms with Crippen LogP contribution in [0.25, 0.3) is 0 Å². The number of carbonyl (C=O) groups excluding carboxylic acids is 1. The van der Waals surface area contributed by atoms with Gasteiger partial charge in [-0.25, -0.2) is 4.39 Å². The first-order valence-electron chi connectivity index (χ1n) is 7.37. The Morgan fingerprint density at radius 3 is 2.12 bits per heavy atom. The maximum absolute atomic E-state index is 13.0. The fourth-order valence-corrected chi connectivity index (χ4v) is 2.39. The van der Waals surface area contributed by atoms with Gasteiger partial charge in [0.2, 0.25) is 5.75 Å². The van der Waals surface area contributed by atoms with Crippen molar-refractivity contribution in [2.75, 3.05) is 21.3 Å². The van der Waals surface area contributed by atoms with Crippen LogP contribution in [0.15, 0.2) is 36.4 Å². The monoisotopic (exact) mass is 333 g/mol. The van der Waals surface area contributed by atoms with E-state index in [1.54, 1.807) is 24.3 Å². The van der Waals surface area contributed by atoms with Gasteiger partial charge in [-0.05, 0) is 36.8 Å². The van der Waals surface area contributed by atoms with Crippen molar-refractivity contribution in [3.8, 4) is 17.2 Å². The average Bonchev–Trinajstić information content (AvgIpc) is 2.60. The standard InChI is InChI=1S/C18H20FNO4/c1-11(12-5-7-13(19)8-6-12)20-18(21)14-9-10-15(22-2)17(24-4)16(14)23-3/h5-11H,1-4H3,(H,20,21). The summed E-state index contributed by atoms with van der Waals surface area (Å²) in [6, 6.07) is 8.92. The van der Waals surface area contributed by atoms with E-state index in [-0.39, 0.29) is 17.8 Å². The van der Waals surface area contributed by atoms with Crippen LogP contribution in [0.4, 0.5) is 4.39 Å². The van der Waals surface area contributed by atoms with Gasteiger partial charge in [0.25, 0.3) is 5.91 Å². The Hall–Kier alpha value is -2.76. The first kappa shape index (κ1) is 17.6. The van der Waals surface area contributed by atoms with Crippen LogP contribution in [0.3, 0.4) is 0 Å². The second-order valence-electron chi connectivity index (χ2n) is 5.13. The molecule has 6 heteroatoms. The number of hydrogen-bond acceptors (Lipinski definition) is 4. The van der Waals surface area contributed by atoms with Gasteiger partial charge < -0.3 is 19.5 Å². The maximum Gasteiger partial charge on any atom is 0.255 e. The van der Waals surface area contributed by atoms with Gasteiger partial charge in [0.1, 0.15) is 5.82 Å². The van der Waals surface area contributed by atoms with E-state index in [2.05, 4.69) is 5.32 Å². The van der Waals surface area contributed by atoms with Gasteiger partial charge in [0, 0.05) is 0 Å². The average molecular weight is 333 g/mol. The number of halogens is 1. The van der Waals surface area contributed by atoms with Crippen LogP contribution in [0.2, 0.25) is 0 Å². The van der Waals surface area contributed by atoms with Crippen molar-refractivity contribution < 1.29 is 23.4 Å². The molecule has 0 radical (unpaired) electrons. The van der Waals surface area contributed by atoms with Crippen LogP contribution < -0.4 is 19.5 Å². The molecule has 0 aromatic heterocycles. The lowest BCUT2D eigenvalue weighted by Gasteiger charge is -2.18. The Labute approximate surface area is 140 Å². The third-order valence-electron chi connectivity index (χ3n) is 3.67. The minimum Gasteiger partial charge on any atom is -0.493 e. The number of methoxy groups -OCH3 is 3. The Morgan fingerprint density at radius 1 is 0.958 bits per heavy atom. The lowest BCUT2D eigenvalue weighted by atomic mass is 10.1. The van der Waals surface area contributed by atoms with Crippen LogP contribution in [-0.4, -0.2) is 27.2 Å². The van der Waals surface area contributed by atoms with E-state index in [0.29, 0.717) is 22.8 Å². The van der Waals surface area contributed by atoms with Crippen molar-refractivity contribution in [2.45, 2.75) is 13.0 Å². The van der Waals surface area contributed by atoms with E-state index >= 15 is 0 Å². The maximum atomic E-state index is 13.0. The van der Waals surface area contributed by atoms with Gasteiger partial charge in [-0.1, -0.05) is 12.1 Å². The molecule has 1 N–H and O–H groups in total. The lowest BCUT2D eigenvalue weighted by Crippen LogP contribution is -2.27. The summed E-state index contributed by atoms with van der Waals surface area (Å²) in [6.07, 6.45) is 0. The third-order valence-corrected chi connectivity index (χ3v) is 3.67. The molecule has 0 saturated carbocycles. The minimum atomic E-state index is -0.329. The van der Waals surface area contributed by atoms with Gasteiger partial charge in [-0.3, -0.25) is 4.79 Å². The largest absolute Gasteiger partial charge is 0.493 e. The first-order chi connectivity index (χ1) is 11.5. The lowest BCUT2D eigenvalue weighted by molar-refractivity contribution is 0.0936. The SMILES string of the molecule is COc1ccc(C(=O)NC(C)c2ccc(F)cc2)c(OC)c1OC. The summed E-state index contributed by atoms with van der Waals surface area (Å²) < 4.78 is 28.8. The smallest absolute Gasteiger partial charge is 0.255 e. The number of ether oxygens (including phenoxy) is 3. The van der Waals surface area contributed by atoms with Crippen LogP contribution in [0.5, 0.6) is 17.2 Å². The van der Waals surface area contributed by atoms with Crippen molar-refractivity contribution >= 4 is 5.91 Å². The molecule has 1 amide bonds. The molecular formula is C18H20FNO4. The number of amides is 1. The van der Waals surface area contributed by atoms with Gasteiger partial charge in [0.15, 0.2) is 11.5 Å². The zero-order chi connectivity index (χ0) is 17.7. The molecule has 0 aliphatic heterocycles. The van der Waals surface area contributed by atoms with Crippen LogP contribution in [0, 0.1) is 5.82 Å². The molecule has 0 heterocycles. The summed E-state index contributed by atoms with van der Waals surface area (Å²) in [5.41, 5.74) is 1.12. The molecule has 0 fully saturated rings. The van der Waals surface area contributed by atoms with Gasteiger partial charge in [-0.2, -0.15) is 0 Å². The zero-order valence-electron chi connectivity index (χ0n) is 14.1. The first-order valence-corrected chi connectivity index (χ1v) is 7.37. The Balaban J connectivity index is 2.27. The van der Waals surface area contributed by atoms with E-state index in [9.17, 15) is 9.18 Å². The molecule has 0 bridgehead atoms. The van der Waals surface area contributed by atoms with E-state index in [1.165, 1.54) is 33.5 Å². The summed E-state index contributed by atoms with van der Waals surface area (Å²) in [5, 5.41) is 2.86. The van der Waals surface area contributed by atoms with Gasteiger partial charge in [0.05, 0.1) is 32.9 Å². The molecule has 0 saturated heterocycles. The second-order valence-corrected chi connectivity index (χ2v) is 5.13. The summed E-state index contributed by atoms with van der Waals surface area (Å²) in [6.45, 7) is 1.82. The van der Waals surface area contributed by atoms with Crippen molar-refractivity contribution in [2.24, 2.45) is 0 Å². The summed E-state index contributed by atoms with van der Waals surface area (Å²) in [7, 11) is 4.44. The molecule has 2 aromatic carbocycles. The van der Waals surface area contributed by atoms with E-state index in [0.717, 1.165) is 5.56 Å². The molecule has 0 aliphatic carbocycles. The van der Waals surface area contributed by atoms with Crippen LogP contribution in [-0.2, 0) is 0 Å². The van der Waals surface area contributed by atoms with Crippen molar-refractivity contribution in [3.63, 3.8) is 0 Å². The Kier molecular flexibility index (Phi) is 5.63. The number of carbonyl (C=O) groups is 1. The molecule has 128 valence electrons. The van der Waals surface area contributed by atoms with E-state index in [4.69, 9.17) is 14.2 Å². The van der Waals surface area contributed by atoms with E-state index < -0.39 is 0 Å². The molecule has 0 spiro atoms. The normalized spacial score (nSPS) is 11.5. The second kappa shape index (κ2) is 7.68. The summed E-state index contributed by atoms with van der Waals surface area (Å²) in [4.78, 5) is 12.6. The number of benzene rings is 2. The summed E-state index contributed by atoms with van der Waals surface area (Å²) in [5.74, 6) is 0.462. The molecular weight excluding hydrogens is 313 g/mol. The van der Waals surface area contributed by atoms with Gasteiger partial charge in [-0.15, -0.1) is 0 Å². The molecule has 24 heavy (non-hydrogen) atoms. The predicted molar refractivity (Wildman–Crippen MR) is 88.4 cm³/mol. The number of rotatable bonds is 6. The van der Waals surface area contributed by atoms with Crippen LogP contribution in [0.1, 0.15) is 28.9 Å². The highest BCUT2D eigenvalue weighted by Crippen LogP contribution is 2.39. The molecule has 2 rings (SSSR count). The Morgan fingerprint density at radius 2 is 1.58 bits per heavy atom. The topological polar surface area (TPSA) is 56.8 Å². The predicted octanol–water partition coefficient (Wildman–Crippen LogP) is 3.34. The third kappa shape index (κ3) is 3.59. The number of hydrogen-bond donors (Lipinski definition) is 1. The highest BCUT2D eigenvalue weighted by Gasteiger charge is 2.21. The van der Waals surface area contributed by atoms with Crippen molar-refractivity contribution in [3.05, 3.63) is 53.3 Å². The minimum absolute atomic E-state index is 0.292. The van der Waals surface area contributed by atoms with E-state index in [1.807, 2.05) is 6.92 Å². The molecule has 5 nitrogen and oxygen atoms in total. The highest BCUT2D eigenvalue weighted by atomic mass is 19.1. The number of nitrogens with one attached hydrogen (secondary N) is 1. The quantitative estimate of drug-likeness (QED) is 0.881. The van der Waals surface area contributed by atoms with Crippen LogP contribution >= 0.6 is 0 Å².